The maximum Gasteiger partial charge on any atom is 0.306 e. The van der Waals surface area contributed by atoms with Gasteiger partial charge in [-0.15, -0.1) is 0 Å². The van der Waals surface area contributed by atoms with Crippen LogP contribution in [0.1, 0.15) is 266 Å². The lowest BCUT2D eigenvalue weighted by atomic mass is 10.00. The van der Waals surface area contributed by atoms with Crippen molar-refractivity contribution < 1.29 is 28.6 Å². The summed E-state index contributed by atoms with van der Waals surface area (Å²) in [5, 5.41) is 0. The molecule has 0 N–H and O–H groups in total. The predicted octanol–water partition coefficient (Wildman–Crippen LogP) is 15.4. The molecule has 0 heterocycles. The Morgan fingerprint density at radius 3 is 1.04 bits per heavy atom. The Hall–Kier alpha value is -1.59. The summed E-state index contributed by atoms with van der Waals surface area (Å²) in [4.78, 5) is 37.8. The molecule has 0 aliphatic carbocycles. The van der Waals surface area contributed by atoms with Gasteiger partial charge in [0.05, 0.1) is 0 Å². The molecule has 6 heteroatoms. The van der Waals surface area contributed by atoms with Crippen LogP contribution in [0.25, 0.3) is 0 Å². The predicted molar refractivity (Wildman–Crippen MR) is 233 cm³/mol. The normalized spacial score (nSPS) is 12.5. The Bertz CT molecular complexity index is 841. The Morgan fingerprint density at radius 1 is 0.382 bits per heavy atom. The molecular weight excluding hydrogens is 685 g/mol. The third kappa shape index (κ3) is 41.9. The first kappa shape index (κ1) is 53.4. The van der Waals surface area contributed by atoms with Gasteiger partial charge >= 0.3 is 17.9 Å². The van der Waals surface area contributed by atoms with Crippen molar-refractivity contribution in [2.75, 3.05) is 13.2 Å². The van der Waals surface area contributed by atoms with Gasteiger partial charge in [-0.1, -0.05) is 227 Å². The van der Waals surface area contributed by atoms with Gasteiger partial charge in [-0.25, -0.2) is 0 Å². The molecule has 55 heavy (non-hydrogen) atoms. The van der Waals surface area contributed by atoms with E-state index in [0.717, 1.165) is 69.6 Å². The average Bonchev–Trinajstić information content (AvgIpc) is 3.17. The fraction of sp³-hybridized carbons (Fsp3) is 0.939. The van der Waals surface area contributed by atoms with Crippen molar-refractivity contribution in [3.05, 3.63) is 0 Å². The van der Waals surface area contributed by atoms with Crippen LogP contribution >= 0.6 is 0 Å². The summed E-state index contributed by atoms with van der Waals surface area (Å²) >= 11 is 0. The minimum absolute atomic E-state index is 0.0651. The fourth-order valence-corrected chi connectivity index (χ4v) is 7.25. The third-order valence-electron chi connectivity index (χ3n) is 11.3. The molecule has 0 aromatic carbocycles. The van der Waals surface area contributed by atoms with Crippen molar-refractivity contribution in [3.63, 3.8) is 0 Å². The molecule has 0 saturated carbocycles. The zero-order chi connectivity index (χ0) is 40.5. The Balaban J connectivity index is 4.30. The largest absolute Gasteiger partial charge is 0.462 e. The lowest BCUT2D eigenvalue weighted by Crippen LogP contribution is -2.30. The Labute approximate surface area is 342 Å². The van der Waals surface area contributed by atoms with E-state index in [1.165, 1.54) is 154 Å². The van der Waals surface area contributed by atoms with E-state index in [0.29, 0.717) is 19.3 Å². The van der Waals surface area contributed by atoms with Gasteiger partial charge in [-0.2, -0.15) is 0 Å². The van der Waals surface area contributed by atoms with Gasteiger partial charge in [-0.3, -0.25) is 14.4 Å². The van der Waals surface area contributed by atoms with Crippen molar-refractivity contribution in [1.29, 1.82) is 0 Å². The average molecular weight is 779 g/mol. The minimum atomic E-state index is -0.761. The van der Waals surface area contributed by atoms with E-state index < -0.39 is 6.10 Å². The maximum absolute atomic E-state index is 12.7. The molecule has 0 aliphatic rings. The minimum Gasteiger partial charge on any atom is -0.462 e. The monoisotopic (exact) mass is 779 g/mol. The topological polar surface area (TPSA) is 78.9 Å². The zero-order valence-electron chi connectivity index (χ0n) is 37.6. The molecule has 0 fully saturated rings. The molecule has 0 spiro atoms. The fourth-order valence-electron chi connectivity index (χ4n) is 7.25. The molecule has 0 saturated heterocycles. The smallest absolute Gasteiger partial charge is 0.306 e. The number of carbonyl (C=O) groups excluding carboxylic acids is 3. The van der Waals surface area contributed by atoms with Gasteiger partial charge in [0.25, 0.3) is 0 Å². The molecule has 0 aromatic rings. The van der Waals surface area contributed by atoms with Crippen LogP contribution in [0, 0.1) is 11.8 Å². The quantitative estimate of drug-likeness (QED) is 0.0348. The summed E-state index contributed by atoms with van der Waals surface area (Å²) < 4.78 is 16.7. The van der Waals surface area contributed by atoms with E-state index in [-0.39, 0.29) is 31.1 Å². The Morgan fingerprint density at radius 2 is 0.691 bits per heavy atom. The van der Waals surface area contributed by atoms with Crippen molar-refractivity contribution in [2.24, 2.45) is 11.8 Å². The van der Waals surface area contributed by atoms with Gasteiger partial charge in [0.1, 0.15) is 13.2 Å². The highest BCUT2D eigenvalue weighted by atomic mass is 16.6. The number of carbonyl (C=O) groups is 3. The summed E-state index contributed by atoms with van der Waals surface area (Å²) in [7, 11) is 0. The SMILES string of the molecule is CCCCCCCCCCCCCCC(=O)OC[C@H](COC(=O)CCCCCCCCCCCCCCC(C)C)OC(=O)CCCCCCCCC(C)CC. The molecule has 6 nitrogen and oxygen atoms in total. The number of rotatable bonds is 43. The van der Waals surface area contributed by atoms with E-state index in [2.05, 4.69) is 34.6 Å². The van der Waals surface area contributed by atoms with Gasteiger partial charge in [0.15, 0.2) is 6.10 Å². The van der Waals surface area contributed by atoms with Crippen LogP contribution in [0.2, 0.25) is 0 Å². The molecule has 326 valence electrons. The highest BCUT2D eigenvalue weighted by molar-refractivity contribution is 5.71. The summed E-state index contributed by atoms with van der Waals surface area (Å²) in [5.41, 5.74) is 0. The first-order chi connectivity index (χ1) is 26.8. The lowest BCUT2D eigenvalue weighted by molar-refractivity contribution is -0.167. The van der Waals surface area contributed by atoms with Gasteiger partial charge < -0.3 is 14.2 Å². The standard InChI is InChI=1S/C49H94O6/c1-6-8-9-10-11-12-13-17-20-23-29-34-39-47(50)53-42-46(55-49(52)41-36-31-26-25-28-33-38-45(5)7-2)43-54-48(51)40-35-30-24-21-18-15-14-16-19-22-27-32-37-44(3)4/h44-46H,6-43H2,1-5H3/t45?,46-/m1/s1. The lowest BCUT2D eigenvalue weighted by Gasteiger charge is -2.18. The summed E-state index contributed by atoms with van der Waals surface area (Å²) in [5.74, 6) is 0.788. The van der Waals surface area contributed by atoms with Crippen molar-refractivity contribution >= 4 is 17.9 Å². The van der Waals surface area contributed by atoms with Crippen LogP contribution in [-0.4, -0.2) is 37.2 Å². The van der Waals surface area contributed by atoms with Crippen LogP contribution in [0.5, 0.6) is 0 Å². The van der Waals surface area contributed by atoms with Crippen molar-refractivity contribution in [3.8, 4) is 0 Å². The van der Waals surface area contributed by atoms with Crippen LogP contribution in [0.3, 0.4) is 0 Å². The van der Waals surface area contributed by atoms with Gasteiger partial charge in [0.2, 0.25) is 0 Å². The molecule has 0 amide bonds. The zero-order valence-corrected chi connectivity index (χ0v) is 37.6. The second-order valence-electron chi connectivity index (χ2n) is 17.5. The highest BCUT2D eigenvalue weighted by Crippen LogP contribution is 2.17. The van der Waals surface area contributed by atoms with E-state index in [1.807, 2.05) is 0 Å². The summed E-state index contributed by atoms with van der Waals surface area (Å²) in [6.07, 6.45) is 40.9. The van der Waals surface area contributed by atoms with Gasteiger partial charge in [-0.05, 0) is 31.1 Å². The van der Waals surface area contributed by atoms with E-state index in [9.17, 15) is 14.4 Å². The maximum atomic E-state index is 12.7. The molecule has 0 rings (SSSR count). The number of unbranched alkanes of at least 4 members (excludes halogenated alkanes) is 27. The molecular formula is C49H94O6. The number of hydrogen-bond donors (Lipinski definition) is 0. The summed E-state index contributed by atoms with van der Waals surface area (Å²) in [6.45, 7) is 11.3. The van der Waals surface area contributed by atoms with E-state index >= 15 is 0 Å². The number of ether oxygens (including phenoxy) is 3. The molecule has 0 aromatic heterocycles. The Kier molecular flexibility index (Phi) is 40.8. The first-order valence-electron chi connectivity index (χ1n) is 24.3. The number of esters is 3. The van der Waals surface area contributed by atoms with Crippen LogP contribution in [-0.2, 0) is 28.6 Å². The van der Waals surface area contributed by atoms with E-state index in [4.69, 9.17) is 14.2 Å². The first-order valence-corrected chi connectivity index (χ1v) is 24.3. The highest BCUT2D eigenvalue weighted by Gasteiger charge is 2.19. The van der Waals surface area contributed by atoms with Crippen molar-refractivity contribution in [1.82, 2.24) is 0 Å². The third-order valence-corrected chi connectivity index (χ3v) is 11.3. The van der Waals surface area contributed by atoms with Crippen molar-refractivity contribution in [2.45, 2.75) is 272 Å². The second-order valence-corrected chi connectivity index (χ2v) is 17.5. The van der Waals surface area contributed by atoms with Crippen LogP contribution < -0.4 is 0 Å². The number of hydrogen-bond acceptors (Lipinski definition) is 6. The molecule has 2 atom stereocenters. The molecule has 0 aliphatic heterocycles. The molecule has 1 unspecified atom stereocenters. The van der Waals surface area contributed by atoms with Crippen LogP contribution in [0.4, 0.5) is 0 Å². The molecule has 0 bridgehead atoms. The van der Waals surface area contributed by atoms with E-state index in [1.54, 1.807) is 0 Å². The van der Waals surface area contributed by atoms with Gasteiger partial charge in [0, 0.05) is 19.3 Å². The summed E-state index contributed by atoms with van der Waals surface area (Å²) in [6, 6.07) is 0. The molecule has 0 radical (unpaired) electrons. The van der Waals surface area contributed by atoms with Crippen LogP contribution in [0.15, 0.2) is 0 Å². The second kappa shape index (κ2) is 42.0.